The summed E-state index contributed by atoms with van der Waals surface area (Å²) in [4.78, 5) is 29.3. The number of benzene rings is 3. The Morgan fingerprint density at radius 2 is 1.56 bits per heavy atom. The highest BCUT2D eigenvalue weighted by Crippen LogP contribution is 2.33. The number of anilines is 1. The first kappa shape index (κ1) is 31.9. The van der Waals surface area contributed by atoms with Gasteiger partial charge in [-0.25, -0.2) is 8.42 Å². The maximum Gasteiger partial charge on any atom is 0.264 e. The van der Waals surface area contributed by atoms with Crippen molar-refractivity contribution in [3.05, 3.63) is 84.4 Å². The lowest BCUT2D eigenvalue weighted by Gasteiger charge is -2.34. The number of nitrogens with one attached hydrogen (secondary N) is 1. The molecule has 2 amide bonds. The van der Waals surface area contributed by atoms with E-state index in [-0.39, 0.29) is 29.1 Å². The first-order valence-corrected chi connectivity index (χ1v) is 16.2. The number of nitrogens with zero attached hydrogens (tertiary/aromatic N) is 2. The second kappa shape index (κ2) is 14.9. The van der Waals surface area contributed by atoms with Crippen molar-refractivity contribution < 1.29 is 27.5 Å². The molecule has 0 heterocycles. The van der Waals surface area contributed by atoms with Crippen molar-refractivity contribution in [1.29, 1.82) is 0 Å². The largest absolute Gasteiger partial charge is 0.497 e. The SMILES string of the molecule is CC[C@@H](C(=O)NC1CCCC1)N(CCc1ccccc1)C(=O)CN(c1ccccc1OC)S(=O)(=O)c1ccc(OC)cc1. The van der Waals surface area contributed by atoms with Crippen molar-refractivity contribution in [2.75, 3.05) is 31.6 Å². The molecule has 1 saturated carbocycles. The number of carbonyl (C=O) groups is 2. The summed E-state index contributed by atoms with van der Waals surface area (Å²) in [6.45, 7) is 1.60. The molecular weight excluding hydrogens is 566 g/mol. The summed E-state index contributed by atoms with van der Waals surface area (Å²) in [5.41, 5.74) is 1.24. The zero-order valence-corrected chi connectivity index (χ0v) is 25.9. The summed E-state index contributed by atoms with van der Waals surface area (Å²) in [5, 5.41) is 3.14. The third-order valence-corrected chi connectivity index (χ3v) is 9.63. The van der Waals surface area contributed by atoms with Gasteiger partial charge in [-0.2, -0.15) is 0 Å². The highest BCUT2D eigenvalue weighted by atomic mass is 32.2. The molecule has 230 valence electrons. The summed E-state index contributed by atoms with van der Waals surface area (Å²) in [5.74, 6) is 0.115. The maximum absolute atomic E-state index is 14.2. The minimum atomic E-state index is -4.23. The molecule has 0 radical (unpaired) electrons. The molecule has 0 aliphatic heterocycles. The van der Waals surface area contributed by atoms with Crippen LogP contribution in [0.25, 0.3) is 0 Å². The fourth-order valence-electron chi connectivity index (χ4n) is 5.49. The molecule has 1 aliphatic carbocycles. The van der Waals surface area contributed by atoms with E-state index in [0.717, 1.165) is 35.6 Å². The number of carbonyl (C=O) groups excluding carboxylic acids is 2. The highest BCUT2D eigenvalue weighted by Gasteiger charge is 2.35. The first-order valence-electron chi connectivity index (χ1n) is 14.7. The lowest BCUT2D eigenvalue weighted by Crippen LogP contribution is -2.54. The van der Waals surface area contributed by atoms with Crippen LogP contribution in [0.1, 0.15) is 44.6 Å². The van der Waals surface area contributed by atoms with Crippen LogP contribution in [0.15, 0.2) is 83.8 Å². The van der Waals surface area contributed by atoms with Gasteiger partial charge < -0.3 is 19.7 Å². The van der Waals surface area contributed by atoms with Gasteiger partial charge in [0.25, 0.3) is 10.0 Å². The van der Waals surface area contributed by atoms with Gasteiger partial charge in [0.15, 0.2) is 0 Å². The van der Waals surface area contributed by atoms with E-state index in [1.165, 1.54) is 31.3 Å². The highest BCUT2D eigenvalue weighted by molar-refractivity contribution is 7.92. The van der Waals surface area contributed by atoms with Gasteiger partial charge in [0.1, 0.15) is 24.1 Å². The lowest BCUT2D eigenvalue weighted by molar-refractivity contribution is -0.139. The summed E-state index contributed by atoms with van der Waals surface area (Å²) in [6, 6.07) is 21.7. The Kier molecular flexibility index (Phi) is 11.1. The molecule has 1 fully saturated rings. The second-order valence-electron chi connectivity index (χ2n) is 10.6. The zero-order chi connectivity index (χ0) is 30.8. The summed E-state index contributed by atoms with van der Waals surface area (Å²) >= 11 is 0. The molecule has 1 N–H and O–H groups in total. The van der Waals surface area contributed by atoms with E-state index in [1.807, 2.05) is 37.3 Å². The molecule has 43 heavy (non-hydrogen) atoms. The average molecular weight is 608 g/mol. The molecule has 9 nitrogen and oxygen atoms in total. The van der Waals surface area contributed by atoms with E-state index >= 15 is 0 Å². The molecule has 1 aliphatic rings. The fourth-order valence-corrected chi connectivity index (χ4v) is 6.91. The van der Waals surface area contributed by atoms with Crippen LogP contribution in [0, 0.1) is 0 Å². The van der Waals surface area contributed by atoms with Crippen molar-refractivity contribution in [3.63, 3.8) is 0 Å². The van der Waals surface area contributed by atoms with Crippen molar-refractivity contribution >= 4 is 27.5 Å². The van der Waals surface area contributed by atoms with Crippen molar-refractivity contribution in [2.45, 2.75) is 62.4 Å². The fraction of sp³-hybridized carbons (Fsp3) is 0.394. The summed E-state index contributed by atoms with van der Waals surface area (Å²) in [6.07, 6.45) is 4.87. The van der Waals surface area contributed by atoms with Gasteiger partial charge in [-0.05, 0) is 67.6 Å². The third-order valence-electron chi connectivity index (χ3n) is 7.85. The van der Waals surface area contributed by atoms with Gasteiger partial charge in [0, 0.05) is 12.6 Å². The Balaban J connectivity index is 1.70. The van der Waals surface area contributed by atoms with E-state index in [2.05, 4.69) is 5.32 Å². The molecule has 3 aromatic carbocycles. The van der Waals surface area contributed by atoms with E-state index in [4.69, 9.17) is 9.47 Å². The predicted octanol–water partition coefficient (Wildman–Crippen LogP) is 4.81. The van der Waals surface area contributed by atoms with Gasteiger partial charge in [0.05, 0.1) is 24.8 Å². The number of para-hydroxylation sites is 2. The van der Waals surface area contributed by atoms with Crippen LogP contribution in [0.4, 0.5) is 5.69 Å². The van der Waals surface area contributed by atoms with Gasteiger partial charge in [-0.1, -0.05) is 62.2 Å². The van der Waals surface area contributed by atoms with E-state index in [9.17, 15) is 18.0 Å². The van der Waals surface area contributed by atoms with Crippen molar-refractivity contribution in [1.82, 2.24) is 10.2 Å². The van der Waals surface area contributed by atoms with E-state index in [1.54, 1.807) is 36.4 Å². The van der Waals surface area contributed by atoms with E-state index < -0.39 is 28.5 Å². The molecule has 0 unspecified atom stereocenters. The predicted molar refractivity (Wildman–Crippen MR) is 167 cm³/mol. The second-order valence-corrected chi connectivity index (χ2v) is 12.5. The standard InChI is InChI=1S/C33H41N3O6S/c1-4-29(33(38)34-26-14-8-9-15-26)35(23-22-25-12-6-5-7-13-25)32(37)24-36(30-16-10-11-17-31(30)42-3)43(39,40)28-20-18-27(41-2)19-21-28/h5-7,10-13,16-21,26,29H,4,8-9,14-15,22-24H2,1-3H3,(H,34,38)/t29-/m0/s1. The molecule has 0 bridgehead atoms. The molecule has 10 heteroatoms. The molecule has 0 aromatic heterocycles. The zero-order valence-electron chi connectivity index (χ0n) is 25.1. The first-order chi connectivity index (χ1) is 20.8. The number of methoxy groups -OCH3 is 2. The lowest BCUT2D eigenvalue weighted by atomic mass is 10.1. The topological polar surface area (TPSA) is 105 Å². The molecule has 0 saturated heterocycles. The van der Waals surface area contributed by atoms with Gasteiger partial charge in [-0.3, -0.25) is 13.9 Å². The van der Waals surface area contributed by atoms with Gasteiger partial charge in [-0.15, -0.1) is 0 Å². The Morgan fingerprint density at radius 3 is 2.19 bits per heavy atom. The number of sulfonamides is 1. The van der Waals surface area contributed by atoms with Crippen LogP contribution in [0.2, 0.25) is 0 Å². The molecule has 4 rings (SSSR count). The van der Waals surface area contributed by atoms with Crippen molar-refractivity contribution in [3.8, 4) is 11.5 Å². The van der Waals surface area contributed by atoms with E-state index in [0.29, 0.717) is 24.3 Å². The smallest absolute Gasteiger partial charge is 0.264 e. The van der Waals surface area contributed by atoms with Crippen LogP contribution in [0.3, 0.4) is 0 Å². The quantitative estimate of drug-likeness (QED) is 0.282. The summed E-state index contributed by atoms with van der Waals surface area (Å²) in [7, 11) is -1.28. The van der Waals surface area contributed by atoms with Crippen LogP contribution in [0.5, 0.6) is 11.5 Å². The maximum atomic E-state index is 14.2. The van der Waals surface area contributed by atoms with Crippen LogP contribution >= 0.6 is 0 Å². The Hall–Kier alpha value is -4.05. The number of hydrogen-bond acceptors (Lipinski definition) is 6. The third kappa shape index (κ3) is 7.87. The number of rotatable bonds is 14. The number of hydrogen-bond donors (Lipinski definition) is 1. The average Bonchev–Trinajstić information content (AvgIpc) is 3.55. The normalized spacial score (nSPS) is 14.1. The molecule has 3 aromatic rings. The monoisotopic (exact) mass is 607 g/mol. The minimum Gasteiger partial charge on any atom is -0.497 e. The Labute approximate surface area is 254 Å². The summed E-state index contributed by atoms with van der Waals surface area (Å²) < 4.78 is 40.0. The van der Waals surface area contributed by atoms with Crippen LogP contribution in [-0.4, -0.2) is 64.5 Å². The van der Waals surface area contributed by atoms with Crippen LogP contribution < -0.4 is 19.1 Å². The Bertz CT molecular complexity index is 1460. The molecule has 0 spiro atoms. The van der Waals surface area contributed by atoms with Gasteiger partial charge >= 0.3 is 0 Å². The Morgan fingerprint density at radius 1 is 0.907 bits per heavy atom. The van der Waals surface area contributed by atoms with Crippen molar-refractivity contribution in [2.24, 2.45) is 0 Å². The molecular formula is C33H41N3O6S. The number of amides is 2. The van der Waals surface area contributed by atoms with Gasteiger partial charge in [0.2, 0.25) is 11.8 Å². The minimum absolute atomic E-state index is 0.00569. The number of ether oxygens (including phenoxy) is 2. The van der Waals surface area contributed by atoms with Crippen LogP contribution in [-0.2, 0) is 26.0 Å². The molecule has 1 atom stereocenters.